The average molecular weight is 378 g/mol. The summed E-state index contributed by atoms with van der Waals surface area (Å²) in [6.07, 6.45) is -3.00. The fourth-order valence-corrected chi connectivity index (χ4v) is 2.59. The highest BCUT2D eigenvalue weighted by Crippen LogP contribution is 2.30. The molecule has 0 fully saturated rings. The second kappa shape index (κ2) is 8.70. The van der Waals surface area contributed by atoms with Gasteiger partial charge in [0.05, 0.1) is 5.56 Å². The molecule has 0 radical (unpaired) electrons. The molecule has 0 heterocycles. The van der Waals surface area contributed by atoms with E-state index in [1.165, 1.54) is 24.3 Å². The molecule has 0 aliphatic carbocycles. The number of benzene rings is 2. The smallest absolute Gasteiger partial charge is 0.326 e. The van der Waals surface area contributed by atoms with Gasteiger partial charge in [-0.25, -0.2) is 0 Å². The van der Waals surface area contributed by atoms with E-state index in [2.05, 4.69) is 10.6 Å². The zero-order valence-corrected chi connectivity index (χ0v) is 15.1. The summed E-state index contributed by atoms with van der Waals surface area (Å²) in [4.78, 5) is 24.3. The normalized spacial score (nSPS) is 11.3. The maximum atomic E-state index is 12.7. The summed E-state index contributed by atoms with van der Waals surface area (Å²) >= 11 is 0. The van der Waals surface area contributed by atoms with Gasteiger partial charge in [0, 0.05) is 22.9 Å². The van der Waals surface area contributed by atoms with Crippen LogP contribution in [-0.4, -0.2) is 11.8 Å². The summed E-state index contributed by atoms with van der Waals surface area (Å²) in [7, 11) is 0. The van der Waals surface area contributed by atoms with Gasteiger partial charge >= 0.3 is 6.18 Å². The minimum atomic E-state index is -4.48. The van der Waals surface area contributed by atoms with E-state index >= 15 is 0 Å². The molecule has 0 aliphatic heterocycles. The lowest BCUT2D eigenvalue weighted by Crippen LogP contribution is -2.21. The molecule has 27 heavy (non-hydrogen) atoms. The molecule has 0 aromatic heterocycles. The van der Waals surface area contributed by atoms with Crippen LogP contribution in [0.25, 0.3) is 0 Å². The summed E-state index contributed by atoms with van der Waals surface area (Å²) in [5.41, 5.74) is 0.0520. The van der Waals surface area contributed by atoms with E-state index in [1.54, 1.807) is 12.1 Å². The van der Waals surface area contributed by atoms with Gasteiger partial charge in [-0.3, -0.25) is 9.59 Å². The maximum absolute atomic E-state index is 12.7. The van der Waals surface area contributed by atoms with Crippen LogP contribution in [0.2, 0.25) is 0 Å². The molecule has 4 nitrogen and oxygen atoms in total. The molecule has 2 aromatic rings. The highest BCUT2D eigenvalue weighted by Gasteiger charge is 2.30. The summed E-state index contributed by atoms with van der Waals surface area (Å²) in [5, 5.41) is 5.23. The molecule has 0 bridgehead atoms. The van der Waals surface area contributed by atoms with Crippen LogP contribution in [0, 0.1) is 5.92 Å². The van der Waals surface area contributed by atoms with Crippen molar-refractivity contribution in [1.29, 1.82) is 0 Å². The van der Waals surface area contributed by atoms with E-state index in [0.29, 0.717) is 5.69 Å². The summed E-state index contributed by atoms with van der Waals surface area (Å²) in [5.74, 6) is -0.692. The first-order valence-electron chi connectivity index (χ1n) is 8.64. The van der Waals surface area contributed by atoms with Gasteiger partial charge < -0.3 is 10.6 Å². The first-order valence-corrected chi connectivity index (χ1v) is 8.64. The van der Waals surface area contributed by atoms with E-state index in [4.69, 9.17) is 0 Å². The quantitative estimate of drug-likeness (QED) is 0.714. The fraction of sp³-hybridized carbons (Fsp3) is 0.300. The van der Waals surface area contributed by atoms with E-state index in [0.717, 1.165) is 25.0 Å². The Balaban J connectivity index is 2.05. The van der Waals surface area contributed by atoms with Crippen LogP contribution in [0.5, 0.6) is 0 Å². The number of alkyl halides is 3. The lowest BCUT2D eigenvalue weighted by molar-refractivity contribution is -0.137. The van der Waals surface area contributed by atoms with Crippen molar-refractivity contribution >= 4 is 23.2 Å². The van der Waals surface area contributed by atoms with Crippen LogP contribution in [0.15, 0.2) is 48.5 Å². The second-order valence-corrected chi connectivity index (χ2v) is 6.11. The van der Waals surface area contributed by atoms with Crippen LogP contribution in [-0.2, 0) is 11.0 Å². The molecule has 0 saturated heterocycles. The van der Waals surface area contributed by atoms with Crippen LogP contribution in [0.1, 0.15) is 42.6 Å². The second-order valence-electron chi connectivity index (χ2n) is 6.11. The summed E-state index contributed by atoms with van der Waals surface area (Å²) < 4.78 is 38.2. The Kier molecular flexibility index (Phi) is 6.60. The molecule has 7 heteroatoms. The van der Waals surface area contributed by atoms with Crippen LogP contribution in [0.3, 0.4) is 0 Å². The zero-order valence-electron chi connectivity index (χ0n) is 15.1. The number of carbonyl (C=O) groups is 2. The number of hydrogen-bond acceptors (Lipinski definition) is 2. The van der Waals surface area contributed by atoms with Crippen molar-refractivity contribution in [3.8, 4) is 0 Å². The van der Waals surface area contributed by atoms with Crippen molar-refractivity contribution in [2.45, 2.75) is 32.9 Å². The molecule has 2 aromatic carbocycles. The van der Waals surface area contributed by atoms with Gasteiger partial charge in [0.1, 0.15) is 0 Å². The fourth-order valence-electron chi connectivity index (χ4n) is 2.59. The monoisotopic (exact) mass is 378 g/mol. The lowest BCUT2D eigenvalue weighted by atomic mass is 10.0. The zero-order chi connectivity index (χ0) is 20.0. The Morgan fingerprint density at radius 3 is 2.11 bits per heavy atom. The predicted octanol–water partition coefficient (Wildman–Crippen LogP) is 5.33. The molecule has 2 rings (SSSR count). The molecule has 0 spiro atoms. The number of rotatable bonds is 6. The third kappa shape index (κ3) is 5.57. The van der Waals surface area contributed by atoms with Crippen molar-refractivity contribution in [2.75, 3.05) is 10.6 Å². The van der Waals surface area contributed by atoms with E-state index in [1.807, 2.05) is 13.8 Å². The van der Waals surface area contributed by atoms with Crippen molar-refractivity contribution < 1.29 is 22.8 Å². The Hall–Kier alpha value is -2.83. The number of anilines is 2. The van der Waals surface area contributed by atoms with Gasteiger partial charge in [0.15, 0.2) is 0 Å². The van der Waals surface area contributed by atoms with E-state index < -0.39 is 17.6 Å². The number of halogens is 3. The Labute approximate surface area is 155 Å². The molecular formula is C20H21F3N2O2. The van der Waals surface area contributed by atoms with Gasteiger partial charge in [-0.05, 0) is 55.3 Å². The average Bonchev–Trinajstić information content (AvgIpc) is 2.63. The van der Waals surface area contributed by atoms with Crippen LogP contribution < -0.4 is 10.6 Å². The number of carbonyl (C=O) groups excluding carboxylic acids is 2. The lowest BCUT2D eigenvalue weighted by Gasteiger charge is -2.13. The highest BCUT2D eigenvalue weighted by molar-refractivity contribution is 6.04. The highest BCUT2D eigenvalue weighted by atomic mass is 19.4. The third-order valence-corrected chi connectivity index (χ3v) is 4.22. The van der Waals surface area contributed by atoms with Crippen LogP contribution in [0.4, 0.5) is 24.5 Å². The molecule has 2 amide bonds. The number of amides is 2. The van der Waals surface area contributed by atoms with E-state index in [-0.39, 0.29) is 23.1 Å². The predicted molar refractivity (Wildman–Crippen MR) is 98.5 cm³/mol. The summed E-state index contributed by atoms with van der Waals surface area (Å²) in [6.45, 7) is 3.88. The third-order valence-electron chi connectivity index (χ3n) is 4.22. The molecule has 0 aliphatic rings. The van der Waals surface area contributed by atoms with Crippen LogP contribution >= 0.6 is 0 Å². The molecule has 0 saturated carbocycles. The van der Waals surface area contributed by atoms with Crippen molar-refractivity contribution in [1.82, 2.24) is 0 Å². The summed E-state index contributed by atoms with van der Waals surface area (Å²) in [6, 6.07) is 10.6. The van der Waals surface area contributed by atoms with Crippen molar-refractivity contribution in [3.05, 3.63) is 59.7 Å². The molecule has 0 unspecified atom stereocenters. The maximum Gasteiger partial charge on any atom is 0.416 e. The first-order chi connectivity index (χ1) is 12.7. The Morgan fingerprint density at radius 2 is 1.56 bits per heavy atom. The van der Waals surface area contributed by atoms with Gasteiger partial charge in [0.25, 0.3) is 5.91 Å². The van der Waals surface area contributed by atoms with Crippen molar-refractivity contribution in [2.24, 2.45) is 5.92 Å². The van der Waals surface area contributed by atoms with Gasteiger partial charge in [0.2, 0.25) is 5.91 Å². The first kappa shape index (κ1) is 20.5. The molecule has 0 atom stereocenters. The molecule has 144 valence electrons. The van der Waals surface area contributed by atoms with Crippen molar-refractivity contribution in [3.63, 3.8) is 0 Å². The molecular weight excluding hydrogens is 357 g/mol. The Bertz CT molecular complexity index is 798. The topological polar surface area (TPSA) is 58.2 Å². The van der Waals surface area contributed by atoms with Gasteiger partial charge in [-0.15, -0.1) is 0 Å². The molecule has 2 N–H and O–H groups in total. The Morgan fingerprint density at radius 1 is 0.926 bits per heavy atom. The van der Waals surface area contributed by atoms with Gasteiger partial charge in [-0.1, -0.05) is 19.9 Å². The van der Waals surface area contributed by atoms with E-state index in [9.17, 15) is 22.8 Å². The number of nitrogens with one attached hydrogen (secondary N) is 2. The SMILES string of the molecule is CCC(CC)C(=O)Nc1ccc(C(=O)Nc2cccc(C(F)(F)F)c2)cc1. The standard InChI is InChI=1S/C20H21F3N2O2/c1-3-13(4-2)18(26)24-16-10-8-14(9-11-16)19(27)25-17-7-5-6-15(12-17)20(21,22)23/h5-13H,3-4H2,1-2H3,(H,24,26)(H,25,27). The minimum Gasteiger partial charge on any atom is -0.326 e. The largest absolute Gasteiger partial charge is 0.416 e. The van der Waals surface area contributed by atoms with Gasteiger partial charge in [-0.2, -0.15) is 13.2 Å². The minimum absolute atomic E-state index is 0.0564. The number of hydrogen-bond donors (Lipinski definition) is 2.